The number of benzene rings is 1. The maximum Gasteiger partial charge on any atom is 0.265 e. The quantitative estimate of drug-likeness (QED) is 0.849. The largest absolute Gasteiger partial charge is 0.369 e. The van der Waals surface area contributed by atoms with Gasteiger partial charge in [0.25, 0.3) is 10.0 Å². The molecule has 1 aliphatic heterocycles. The summed E-state index contributed by atoms with van der Waals surface area (Å²) in [6.07, 6.45) is 0. The molecule has 0 bridgehead atoms. The lowest BCUT2D eigenvalue weighted by Gasteiger charge is -2.35. The fraction of sp³-hybridized carbons (Fsp3) is 0.471. The molecule has 0 radical (unpaired) electrons. The van der Waals surface area contributed by atoms with Crippen molar-refractivity contribution < 1.29 is 8.42 Å². The number of hydrogen-bond donors (Lipinski definition) is 2. The molecule has 7 nitrogen and oxygen atoms in total. The molecule has 1 aliphatic rings. The van der Waals surface area contributed by atoms with Crippen LogP contribution in [0.25, 0.3) is 0 Å². The molecule has 1 fully saturated rings. The molecule has 0 spiro atoms. The van der Waals surface area contributed by atoms with Crippen LogP contribution >= 0.6 is 0 Å². The van der Waals surface area contributed by atoms with E-state index >= 15 is 0 Å². The van der Waals surface area contributed by atoms with Gasteiger partial charge in [-0.3, -0.25) is 9.82 Å². The van der Waals surface area contributed by atoms with E-state index in [4.69, 9.17) is 0 Å². The zero-order chi connectivity index (χ0) is 18.0. The Balaban J connectivity index is 1.71. The highest BCUT2D eigenvalue weighted by molar-refractivity contribution is 7.92. The second-order valence-electron chi connectivity index (χ2n) is 6.34. The number of sulfonamides is 1. The number of aromatic nitrogens is 2. The average molecular weight is 363 g/mol. The Labute approximate surface area is 149 Å². The smallest absolute Gasteiger partial charge is 0.265 e. The zero-order valence-electron chi connectivity index (χ0n) is 14.9. The van der Waals surface area contributed by atoms with Gasteiger partial charge in [-0.05, 0) is 44.7 Å². The molecule has 1 aromatic carbocycles. The minimum atomic E-state index is -3.64. The Morgan fingerprint density at radius 1 is 1.12 bits per heavy atom. The fourth-order valence-corrected chi connectivity index (χ4v) is 4.64. The summed E-state index contributed by atoms with van der Waals surface area (Å²) < 4.78 is 27.8. The van der Waals surface area contributed by atoms with E-state index in [1.165, 1.54) is 0 Å². The van der Waals surface area contributed by atoms with E-state index in [0.29, 0.717) is 17.1 Å². The van der Waals surface area contributed by atoms with Crippen LogP contribution in [0.1, 0.15) is 18.3 Å². The number of piperazine rings is 1. The Hall–Kier alpha value is -2.06. The van der Waals surface area contributed by atoms with Gasteiger partial charge in [0.2, 0.25) is 0 Å². The van der Waals surface area contributed by atoms with Gasteiger partial charge in [-0.2, -0.15) is 5.10 Å². The number of nitrogens with one attached hydrogen (secondary N) is 2. The monoisotopic (exact) mass is 363 g/mol. The Morgan fingerprint density at radius 2 is 1.76 bits per heavy atom. The third kappa shape index (κ3) is 3.80. The Bertz CT molecular complexity index is 802. The summed E-state index contributed by atoms with van der Waals surface area (Å²) in [7, 11) is -3.64. The highest BCUT2D eigenvalue weighted by Crippen LogP contribution is 2.23. The molecule has 0 aliphatic carbocycles. The summed E-state index contributed by atoms with van der Waals surface area (Å²) in [4.78, 5) is 4.97. The van der Waals surface area contributed by atoms with Gasteiger partial charge in [0.05, 0.1) is 11.4 Å². The standard InChI is InChI=1S/C17H25N5O2S/c1-4-21-9-11-22(12-10-21)16-7-5-15(6-8-16)20-25(23,24)17-13(2)18-19-14(17)3/h5-8,20H,4,9-12H2,1-3H3,(H,18,19). The molecule has 136 valence electrons. The van der Waals surface area contributed by atoms with Crippen LogP contribution in [0.2, 0.25) is 0 Å². The number of hydrogen-bond acceptors (Lipinski definition) is 5. The first kappa shape index (κ1) is 17.8. The third-order valence-electron chi connectivity index (χ3n) is 4.63. The van der Waals surface area contributed by atoms with E-state index in [-0.39, 0.29) is 4.90 Å². The van der Waals surface area contributed by atoms with Crippen molar-refractivity contribution in [3.05, 3.63) is 35.7 Å². The van der Waals surface area contributed by atoms with Crippen molar-refractivity contribution in [2.24, 2.45) is 0 Å². The van der Waals surface area contributed by atoms with Crippen molar-refractivity contribution in [2.75, 3.05) is 42.3 Å². The summed E-state index contributed by atoms with van der Waals surface area (Å²) in [5.74, 6) is 0. The summed E-state index contributed by atoms with van der Waals surface area (Å²) >= 11 is 0. The molecule has 0 atom stereocenters. The molecule has 1 saturated heterocycles. The molecule has 0 amide bonds. The van der Waals surface area contributed by atoms with E-state index in [9.17, 15) is 8.42 Å². The van der Waals surface area contributed by atoms with Gasteiger partial charge in [0.15, 0.2) is 0 Å². The van der Waals surface area contributed by atoms with Crippen molar-refractivity contribution in [2.45, 2.75) is 25.7 Å². The van der Waals surface area contributed by atoms with Crippen molar-refractivity contribution >= 4 is 21.4 Å². The predicted molar refractivity (Wildman–Crippen MR) is 99.6 cm³/mol. The van der Waals surface area contributed by atoms with E-state index in [1.807, 2.05) is 24.3 Å². The molecular formula is C17H25N5O2S. The Morgan fingerprint density at radius 3 is 2.28 bits per heavy atom. The molecule has 8 heteroatoms. The third-order valence-corrected chi connectivity index (χ3v) is 6.28. The number of anilines is 2. The van der Waals surface area contributed by atoms with E-state index in [2.05, 4.69) is 31.6 Å². The summed E-state index contributed by atoms with van der Waals surface area (Å²) in [6.45, 7) is 10.7. The number of nitrogens with zero attached hydrogens (tertiary/aromatic N) is 3. The van der Waals surface area contributed by atoms with Crippen LogP contribution in [0, 0.1) is 13.8 Å². The maximum absolute atomic E-state index is 12.6. The van der Waals surface area contributed by atoms with Crippen molar-refractivity contribution in [1.82, 2.24) is 15.1 Å². The van der Waals surface area contributed by atoms with Gasteiger partial charge in [0, 0.05) is 37.6 Å². The van der Waals surface area contributed by atoms with Crippen LogP contribution < -0.4 is 9.62 Å². The van der Waals surface area contributed by atoms with Crippen LogP contribution in [0.15, 0.2) is 29.2 Å². The topological polar surface area (TPSA) is 81.3 Å². The highest BCUT2D eigenvalue weighted by atomic mass is 32.2. The molecule has 2 aromatic rings. The zero-order valence-corrected chi connectivity index (χ0v) is 15.7. The molecule has 25 heavy (non-hydrogen) atoms. The number of H-pyrrole nitrogens is 1. The summed E-state index contributed by atoms with van der Waals surface area (Å²) in [5, 5.41) is 6.67. The normalized spacial score (nSPS) is 16.2. The lowest BCUT2D eigenvalue weighted by atomic mass is 10.2. The average Bonchev–Trinajstić information content (AvgIpc) is 2.95. The first-order valence-electron chi connectivity index (χ1n) is 8.52. The SMILES string of the molecule is CCN1CCN(c2ccc(NS(=O)(=O)c3c(C)n[nH]c3C)cc2)CC1. The van der Waals surface area contributed by atoms with Crippen LogP contribution in [0.3, 0.4) is 0 Å². The number of aromatic amines is 1. The van der Waals surface area contributed by atoms with Gasteiger partial charge in [-0.1, -0.05) is 6.92 Å². The first-order valence-corrected chi connectivity index (χ1v) is 10.0. The fourth-order valence-electron chi connectivity index (χ4n) is 3.21. The van der Waals surface area contributed by atoms with E-state index in [0.717, 1.165) is 38.4 Å². The van der Waals surface area contributed by atoms with E-state index in [1.54, 1.807) is 13.8 Å². The minimum absolute atomic E-state index is 0.215. The van der Waals surface area contributed by atoms with Crippen molar-refractivity contribution in [1.29, 1.82) is 0 Å². The van der Waals surface area contributed by atoms with Crippen LogP contribution in [-0.2, 0) is 10.0 Å². The number of likely N-dealkylation sites (N-methyl/N-ethyl adjacent to an activating group) is 1. The Kier molecular flexibility index (Phi) is 5.01. The lowest BCUT2D eigenvalue weighted by molar-refractivity contribution is 0.271. The van der Waals surface area contributed by atoms with Gasteiger partial charge < -0.3 is 9.80 Å². The van der Waals surface area contributed by atoms with Crippen LogP contribution in [-0.4, -0.2) is 56.2 Å². The van der Waals surface area contributed by atoms with Gasteiger partial charge >= 0.3 is 0 Å². The molecule has 2 N–H and O–H groups in total. The van der Waals surface area contributed by atoms with Gasteiger partial charge in [-0.15, -0.1) is 0 Å². The molecule has 0 unspecified atom stereocenters. The number of rotatable bonds is 5. The van der Waals surface area contributed by atoms with Crippen molar-refractivity contribution in [3.8, 4) is 0 Å². The molecule has 1 aromatic heterocycles. The molecule has 2 heterocycles. The van der Waals surface area contributed by atoms with Gasteiger partial charge in [-0.25, -0.2) is 8.42 Å². The molecular weight excluding hydrogens is 338 g/mol. The van der Waals surface area contributed by atoms with Crippen molar-refractivity contribution in [3.63, 3.8) is 0 Å². The maximum atomic E-state index is 12.6. The summed E-state index contributed by atoms with van der Waals surface area (Å²) in [5.41, 5.74) is 2.68. The molecule has 0 saturated carbocycles. The first-order chi connectivity index (χ1) is 11.9. The highest BCUT2D eigenvalue weighted by Gasteiger charge is 2.22. The second kappa shape index (κ2) is 7.05. The predicted octanol–water partition coefficient (Wildman–Crippen LogP) is 1.97. The summed E-state index contributed by atoms with van der Waals surface area (Å²) in [6, 6.07) is 7.55. The van der Waals surface area contributed by atoms with Crippen LogP contribution in [0.4, 0.5) is 11.4 Å². The van der Waals surface area contributed by atoms with Crippen LogP contribution in [0.5, 0.6) is 0 Å². The van der Waals surface area contributed by atoms with E-state index < -0.39 is 10.0 Å². The second-order valence-corrected chi connectivity index (χ2v) is 7.96. The van der Waals surface area contributed by atoms with Gasteiger partial charge in [0.1, 0.15) is 4.90 Å². The lowest BCUT2D eigenvalue weighted by Crippen LogP contribution is -2.46. The number of aryl methyl sites for hydroxylation is 2. The molecule has 3 rings (SSSR count). The minimum Gasteiger partial charge on any atom is -0.369 e.